The van der Waals surface area contributed by atoms with Gasteiger partial charge in [0.1, 0.15) is 10.5 Å². The number of benzene rings is 1. The molecular formula is C21H19N3OS. The Morgan fingerprint density at radius 1 is 1.15 bits per heavy atom. The Balaban J connectivity index is 1.66. The van der Waals surface area contributed by atoms with Gasteiger partial charge in [-0.25, -0.2) is 0 Å². The van der Waals surface area contributed by atoms with Crippen molar-refractivity contribution >= 4 is 27.5 Å². The van der Waals surface area contributed by atoms with E-state index in [0.29, 0.717) is 12.2 Å². The Morgan fingerprint density at radius 2 is 1.96 bits per heavy atom. The largest absolute Gasteiger partial charge is 0.345 e. The number of pyridine rings is 1. The Hall–Kier alpha value is -2.92. The summed E-state index contributed by atoms with van der Waals surface area (Å²) in [5.74, 6) is -0.0816. The molecule has 0 saturated heterocycles. The van der Waals surface area contributed by atoms with Crippen molar-refractivity contribution in [3.63, 3.8) is 0 Å². The van der Waals surface area contributed by atoms with E-state index in [-0.39, 0.29) is 11.9 Å². The van der Waals surface area contributed by atoms with Gasteiger partial charge in [-0.2, -0.15) is 0 Å². The second kappa shape index (κ2) is 7.14. The van der Waals surface area contributed by atoms with Crippen LogP contribution in [0.2, 0.25) is 0 Å². The Labute approximate surface area is 156 Å². The molecule has 0 aliphatic heterocycles. The second-order valence-electron chi connectivity index (χ2n) is 6.17. The van der Waals surface area contributed by atoms with Crippen LogP contribution in [0, 0.1) is 0 Å². The number of carbonyl (C=O) groups excluding carboxylic acids is 1. The Bertz CT molecular complexity index is 1020. The molecule has 130 valence electrons. The standard InChI is InChI=1S/C21H19N3OS/c1-15(16-7-3-2-4-8-16)24-19(13-17-10-12-26-21(17)24)20(25)23-14-18-9-5-6-11-22-18/h2-13,15H,14H2,1H3,(H,23,25)/t15-/m0/s1. The molecule has 3 heterocycles. The van der Waals surface area contributed by atoms with Crippen LogP contribution >= 0.6 is 11.3 Å². The Kier molecular flexibility index (Phi) is 4.54. The van der Waals surface area contributed by atoms with Crippen LogP contribution in [0.1, 0.15) is 34.7 Å². The predicted molar refractivity (Wildman–Crippen MR) is 105 cm³/mol. The van der Waals surface area contributed by atoms with E-state index < -0.39 is 0 Å². The zero-order valence-corrected chi connectivity index (χ0v) is 15.2. The van der Waals surface area contributed by atoms with Gasteiger partial charge in [0, 0.05) is 11.6 Å². The number of aromatic nitrogens is 2. The molecule has 3 aromatic heterocycles. The molecule has 26 heavy (non-hydrogen) atoms. The van der Waals surface area contributed by atoms with Crippen LogP contribution in [0.25, 0.3) is 10.2 Å². The van der Waals surface area contributed by atoms with Crippen LogP contribution < -0.4 is 5.32 Å². The summed E-state index contributed by atoms with van der Waals surface area (Å²) in [5.41, 5.74) is 2.70. The van der Waals surface area contributed by atoms with Gasteiger partial charge in [0.05, 0.1) is 18.3 Å². The molecule has 0 unspecified atom stereocenters. The van der Waals surface area contributed by atoms with E-state index in [9.17, 15) is 4.79 Å². The fraction of sp³-hybridized carbons (Fsp3) is 0.143. The van der Waals surface area contributed by atoms with E-state index in [1.54, 1.807) is 17.5 Å². The number of amides is 1. The molecule has 1 aromatic carbocycles. The number of nitrogens with one attached hydrogen (secondary N) is 1. The SMILES string of the molecule is C[C@@H](c1ccccc1)n1c(C(=O)NCc2ccccn2)cc2ccsc21. The van der Waals surface area contributed by atoms with Crippen LogP contribution in [-0.4, -0.2) is 15.5 Å². The highest BCUT2D eigenvalue weighted by Gasteiger charge is 2.21. The molecule has 0 fully saturated rings. The number of thiophene rings is 1. The van der Waals surface area contributed by atoms with Crippen molar-refractivity contribution in [2.24, 2.45) is 0 Å². The first-order valence-corrected chi connectivity index (χ1v) is 9.43. The normalized spacial score (nSPS) is 12.2. The van der Waals surface area contributed by atoms with E-state index in [2.05, 4.69) is 45.4 Å². The molecule has 4 rings (SSSR count). The maximum Gasteiger partial charge on any atom is 0.268 e. The molecule has 1 atom stereocenters. The van der Waals surface area contributed by atoms with Gasteiger partial charge in [-0.15, -0.1) is 11.3 Å². The summed E-state index contributed by atoms with van der Waals surface area (Å²) in [6, 6.07) is 20.1. The second-order valence-corrected chi connectivity index (χ2v) is 7.07. The summed E-state index contributed by atoms with van der Waals surface area (Å²) in [7, 11) is 0. The van der Waals surface area contributed by atoms with Crippen molar-refractivity contribution < 1.29 is 4.79 Å². The van der Waals surface area contributed by atoms with Gasteiger partial charge in [0.25, 0.3) is 5.91 Å². The molecule has 0 aliphatic carbocycles. The molecular weight excluding hydrogens is 342 g/mol. The van der Waals surface area contributed by atoms with Gasteiger partial charge >= 0.3 is 0 Å². The highest BCUT2D eigenvalue weighted by atomic mass is 32.1. The van der Waals surface area contributed by atoms with E-state index in [4.69, 9.17) is 0 Å². The molecule has 1 amide bonds. The lowest BCUT2D eigenvalue weighted by Crippen LogP contribution is -2.26. The van der Waals surface area contributed by atoms with Gasteiger partial charge in [0.15, 0.2) is 0 Å². The highest BCUT2D eigenvalue weighted by Crippen LogP contribution is 2.31. The fourth-order valence-corrected chi connectivity index (χ4v) is 4.12. The third-order valence-corrected chi connectivity index (χ3v) is 5.43. The molecule has 4 aromatic rings. The highest BCUT2D eigenvalue weighted by molar-refractivity contribution is 7.16. The minimum Gasteiger partial charge on any atom is -0.345 e. The van der Waals surface area contributed by atoms with Crippen molar-refractivity contribution in [2.45, 2.75) is 19.5 Å². The third kappa shape index (κ3) is 3.13. The van der Waals surface area contributed by atoms with Crippen LogP contribution in [0.5, 0.6) is 0 Å². The van der Waals surface area contributed by atoms with Gasteiger partial charge in [-0.1, -0.05) is 36.4 Å². The minimum atomic E-state index is -0.0816. The lowest BCUT2D eigenvalue weighted by Gasteiger charge is -2.18. The first-order chi connectivity index (χ1) is 12.7. The molecule has 0 saturated carbocycles. The summed E-state index contributed by atoms with van der Waals surface area (Å²) in [6.45, 7) is 2.54. The zero-order valence-electron chi connectivity index (χ0n) is 14.4. The van der Waals surface area contributed by atoms with E-state index in [1.165, 1.54) is 5.56 Å². The number of hydrogen-bond donors (Lipinski definition) is 1. The smallest absolute Gasteiger partial charge is 0.268 e. The van der Waals surface area contributed by atoms with Crippen molar-refractivity contribution in [3.8, 4) is 0 Å². The lowest BCUT2D eigenvalue weighted by molar-refractivity contribution is 0.0940. The third-order valence-electron chi connectivity index (χ3n) is 4.50. The first-order valence-electron chi connectivity index (χ1n) is 8.55. The van der Waals surface area contributed by atoms with Crippen molar-refractivity contribution in [3.05, 3.63) is 89.2 Å². The van der Waals surface area contributed by atoms with Gasteiger partial charge in [0.2, 0.25) is 0 Å². The number of hydrogen-bond acceptors (Lipinski definition) is 3. The molecule has 4 nitrogen and oxygen atoms in total. The van der Waals surface area contributed by atoms with E-state index >= 15 is 0 Å². The summed E-state index contributed by atoms with van der Waals surface area (Å²) >= 11 is 1.66. The van der Waals surface area contributed by atoms with Crippen LogP contribution in [0.4, 0.5) is 0 Å². The maximum absolute atomic E-state index is 12.9. The minimum absolute atomic E-state index is 0.0722. The van der Waals surface area contributed by atoms with Crippen LogP contribution in [0.3, 0.4) is 0 Å². The van der Waals surface area contributed by atoms with Crippen LogP contribution in [0.15, 0.2) is 72.2 Å². The summed E-state index contributed by atoms with van der Waals surface area (Å²) in [5, 5.41) is 6.16. The average molecular weight is 361 g/mol. The summed E-state index contributed by atoms with van der Waals surface area (Å²) in [4.78, 5) is 18.3. The molecule has 5 heteroatoms. The monoisotopic (exact) mass is 361 g/mol. The number of rotatable bonds is 5. The zero-order chi connectivity index (χ0) is 17.9. The van der Waals surface area contributed by atoms with Gasteiger partial charge in [-0.05, 0) is 42.1 Å². The molecule has 1 N–H and O–H groups in total. The average Bonchev–Trinajstić information content (AvgIpc) is 3.28. The van der Waals surface area contributed by atoms with Crippen molar-refractivity contribution in [1.29, 1.82) is 0 Å². The topological polar surface area (TPSA) is 46.9 Å². The summed E-state index contributed by atoms with van der Waals surface area (Å²) in [6.07, 6.45) is 1.73. The van der Waals surface area contributed by atoms with Gasteiger partial charge in [-0.3, -0.25) is 9.78 Å². The van der Waals surface area contributed by atoms with Crippen molar-refractivity contribution in [1.82, 2.24) is 14.9 Å². The first kappa shape index (κ1) is 16.5. The molecule has 0 aliphatic rings. The maximum atomic E-state index is 12.9. The number of fused-ring (bicyclic) bond motifs is 1. The number of nitrogens with zero attached hydrogens (tertiary/aromatic N) is 2. The van der Waals surface area contributed by atoms with Gasteiger partial charge < -0.3 is 9.88 Å². The van der Waals surface area contributed by atoms with E-state index in [1.807, 2.05) is 42.5 Å². The predicted octanol–water partition coefficient (Wildman–Crippen LogP) is 4.64. The molecule has 0 spiro atoms. The Morgan fingerprint density at radius 3 is 2.73 bits per heavy atom. The summed E-state index contributed by atoms with van der Waals surface area (Å²) < 4.78 is 2.13. The molecule has 0 bridgehead atoms. The molecule has 0 radical (unpaired) electrons. The number of carbonyl (C=O) groups is 1. The van der Waals surface area contributed by atoms with E-state index in [0.717, 1.165) is 15.9 Å². The lowest BCUT2D eigenvalue weighted by atomic mass is 10.1. The van der Waals surface area contributed by atoms with Crippen LogP contribution in [-0.2, 0) is 6.54 Å². The quantitative estimate of drug-likeness (QED) is 0.563. The van der Waals surface area contributed by atoms with Crippen molar-refractivity contribution in [2.75, 3.05) is 0 Å². The fourth-order valence-electron chi connectivity index (χ4n) is 3.15.